The molecule has 2 N–H and O–H groups in total. The largest absolute Gasteiger partial charge is 0.479 e. The molecule has 3 aromatic carbocycles. The Morgan fingerprint density at radius 1 is 1.09 bits per heavy atom. The van der Waals surface area contributed by atoms with Crippen molar-refractivity contribution in [2.45, 2.75) is 33.3 Å². The Bertz CT molecular complexity index is 1360. The summed E-state index contributed by atoms with van der Waals surface area (Å²) in [4.78, 5) is 17.0. The molecule has 180 valence electrons. The number of nitrogens with one attached hydrogen (secondary N) is 2. The second kappa shape index (κ2) is 10.6. The first-order valence-electron chi connectivity index (χ1n) is 10.9. The molecule has 6 nitrogen and oxygen atoms in total. The van der Waals surface area contributed by atoms with Gasteiger partial charge in [-0.15, -0.1) is 0 Å². The smallest absolute Gasteiger partial charge is 0.266 e. The second-order valence-electron chi connectivity index (χ2n) is 8.16. The first-order valence-corrected chi connectivity index (χ1v) is 12.0. The SMILES string of the molecule is Cc1cc2nc(Cc3ccc(NC(=S)NC(=O)C(C)Oc4ccc(Cl)cc4Cl)cc3)oc2cc1C. The number of amides is 1. The maximum absolute atomic E-state index is 12.4. The molecule has 4 rings (SSSR count). The van der Waals surface area contributed by atoms with E-state index in [9.17, 15) is 4.79 Å². The van der Waals surface area contributed by atoms with Crippen molar-refractivity contribution < 1.29 is 13.9 Å². The number of ether oxygens (including phenoxy) is 1. The average Bonchev–Trinajstić information content (AvgIpc) is 3.17. The van der Waals surface area contributed by atoms with Gasteiger partial charge in [0.1, 0.15) is 11.3 Å². The molecule has 0 fully saturated rings. The van der Waals surface area contributed by atoms with Crippen molar-refractivity contribution in [2.24, 2.45) is 0 Å². The number of aromatic nitrogens is 1. The van der Waals surface area contributed by atoms with Gasteiger partial charge in [-0.05, 0) is 92.1 Å². The minimum atomic E-state index is -0.820. The summed E-state index contributed by atoms with van der Waals surface area (Å²) in [6.45, 7) is 5.72. The third kappa shape index (κ3) is 6.31. The Morgan fingerprint density at radius 2 is 1.80 bits per heavy atom. The zero-order valence-corrected chi connectivity index (χ0v) is 21.6. The van der Waals surface area contributed by atoms with E-state index in [4.69, 9.17) is 44.6 Å². The van der Waals surface area contributed by atoms with E-state index in [0.29, 0.717) is 28.1 Å². The molecule has 0 aliphatic carbocycles. The van der Waals surface area contributed by atoms with Crippen molar-refractivity contribution in [2.75, 3.05) is 5.32 Å². The van der Waals surface area contributed by atoms with Gasteiger partial charge < -0.3 is 14.5 Å². The van der Waals surface area contributed by atoms with Gasteiger partial charge in [-0.1, -0.05) is 35.3 Å². The zero-order chi connectivity index (χ0) is 25.1. The zero-order valence-electron chi connectivity index (χ0n) is 19.3. The van der Waals surface area contributed by atoms with E-state index in [1.807, 2.05) is 36.4 Å². The van der Waals surface area contributed by atoms with Crippen LogP contribution in [-0.4, -0.2) is 22.1 Å². The van der Waals surface area contributed by atoms with Crippen LogP contribution in [0.4, 0.5) is 5.69 Å². The molecule has 0 spiro atoms. The summed E-state index contributed by atoms with van der Waals surface area (Å²) in [5, 5.41) is 6.58. The van der Waals surface area contributed by atoms with Crippen molar-refractivity contribution in [1.82, 2.24) is 10.3 Å². The summed E-state index contributed by atoms with van der Waals surface area (Å²) in [5.74, 6) is 0.604. The summed E-state index contributed by atoms with van der Waals surface area (Å²) in [6.07, 6.45) is -0.254. The molecule has 0 radical (unpaired) electrons. The molecule has 0 saturated heterocycles. The normalized spacial score (nSPS) is 11.8. The fourth-order valence-electron chi connectivity index (χ4n) is 3.37. The van der Waals surface area contributed by atoms with Crippen molar-refractivity contribution >= 4 is 63.2 Å². The molecule has 4 aromatic rings. The number of rotatable bonds is 6. The average molecular weight is 528 g/mol. The van der Waals surface area contributed by atoms with Crippen molar-refractivity contribution in [3.8, 4) is 5.75 Å². The molecule has 1 amide bonds. The summed E-state index contributed by atoms with van der Waals surface area (Å²) in [6, 6.07) is 16.5. The number of carbonyl (C=O) groups excluding carboxylic acids is 1. The number of fused-ring (bicyclic) bond motifs is 1. The van der Waals surface area contributed by atoms with Gasteiger partial charge in [-0.3, -0.25) is 10.1 Å². The van der Waals surface area contributed by atoms with Crippen LogP contribution in [0, 0.1) is 13.8 Å². The molecule has 0 aliphatic heterocycles. The standard InChI is InChI=1S/C26H23Cl2N3O3S/c1-14-10-21-23(11-15(14)2)34-24(30-21)12-17-4-7-19(8-5-17)29-26(35)31-25(32)16(3)33-22-9-6-18(27)13-20(22)28/h4-11,13,16H,12H2,1-3H3,(H2,29,31,32,35). The van der Waals surface area contributed by atoms with E-state index in [2.05, 4.69) is 29.5 Å². The van der Waals surface area contributed by atoms with Crippen LogP contribution >= 0.6 is 35.4 Å². The molecule has 35 heavy (non-hydrogen) atoms. The lowest BCUT2D eigenvalue weighted by atomic mass is 10.1. The number of benzene rings is 3. The van der Waals surface area contributed by atoms with Crippen LogP contribution in [0.5, 0.6) is 5.75 Å². The van der Waals surface area contributed by atoms with Crippen LogP contribution in [0.15, 0.2) is 59.0 Å². The van der Waals surface area contributed by atoms with E-state index in [0.717, 1.165) is 22.4 Å². The Labute approximate surface area is 218 Å². The number of thiocarbonyl (C=S) groups is 1. The van der Waals surface area contributed by atoms with Gasteiger partial charge in [0, 0.05) is 17.1 Å². The van der Waals surface area contributed by atoms with Gasteiger partial charge in [0.15, 0.2) is 22.7 Å². The number of carbonyl (C=O) groups is 1. The maximum atomic E-state index is 12.4. The number of anilines is 1. The summed E-state index contributed by atoms with van der Waals surface area (Å²) in [5.41, 5.74) is 5.78. The summed E-state index contributed by atoms with van der Waals surface area (Å²) < 4.78 is 11.5. The highest BCUT2D eigenvalue weighted by Crippen LogP contribution is 2.28. The number of oxazole rings is 1. The van der Waals surface area contributed by atoms with E-state index in [-0.39, 0.29) is 5.11 Å². The Kier molecular flexibility index (Phi) is 7.60. The highest BCUT2D eigenvalue weighted by Gasteiger charge is 2.17. The van der Waals surface area contributed by atoms with Crippen LogP contribution in [0.25, 0.3) is 11.1 Å². The van der Waals surface area contributed by atoms with Crippen LogP contribution in [0.2, 0.25) is 10.0 Å². The predicted octanol–water partition coefficient (Wildman–Crippen LogP) is 6.62. The molecule has 1 aromatic heterocycles. The Hall–Kier alpha value is -3.13. The number of hydrogen-bond donors (Lipinski definition) is 2. The lowest BCUT2D eigenvalue weighted by Gasteiger charge is -2.16. The van der Waals surface area contributed by atoms with Crippen LogP contribution in [-0.2, 0) is 11.2 Å². The Balaban J connectivity index is 1.31. The van der Waals surface area contributed by atoms with Gasteiger partial charge >= 0.3 is 0 Å². The molecule has 0 bridgehead atoms. The van der Waals surface area contributed by atoms with Gasteiger partial charge in [0.25, 0.3) is 5.91 Å². The van der Waals surface area contributed by atoms with Crippen LogP contribution in [0.3, 0.4) is 0 Å². The van der Waals surface area contributed by atoms with Gasteiger partial charge in [0.05, 0.1) is 5.02 Å². The summed E-state index contributed by atoms with van der Waals surface area (Å²) in [7, 11) is 0. The van der Waals surface area contributed by atoms with Gasteiger partial charge in [0.2, 0.25) is 0 Å². The monoisotopic (exact) mass is 527 g/mol. The van der Waals surface area contributed by atoms with E-state index in [1.165, 1.54) is 11.1 Å². The Morgan fingerprint density at radius 3 is 2.51 bits per heavy atom. The van der Waals surface area contributed by atoms with Crippen molar-refractivity contribution in [3.05, 3.63) is 87.2 Å². The van der Waals surface area contributed by atoms with Crippen molar-refractivity contribution in [1.29, 1.82) is 0 Å². The predicted molar refractivity (Wildman–Crippen MR) is 144 cm³/mol. The fourth-order valence-corrected chi connectivity index (χ4v) is 4.05. The first kappa shape index (κ1) is 25.0. The minimum absolute atomic E-state index is 0.157. The molecule has 0 saturated carbocycles. The highest BCUT2D eigenvalue weighted by molar-refractivity contribution is 7.80. The highest BCUT2D eigenvalue weighted by atomic mass is 35.5. The number of halogens is 2. The van der Waals surface area contributed by atoms with E-state index in [1.54, 1.807) is 25.1 Å². The lowest BCUT2D eigenvalue weighted by molar-refractivity contribution is -0.125. The number of hydrogen-bond acceptors (Lipinski definition) is 5. The topological polar surface area (TPSA) is 76.4 Å². The molecule has 1 heterocycles. The van der Waals surface area contributed by atoms with Gasteiger partial charge in [-0.25, -0.2) is 4.98 Å². The lowest BCUT2D eigenvalue weighted by Crippen LogP contribution is -2.42. The summed E-state index contributed by atoms with van der Waals surface area (Å²) >= 11 is 17.3. The second-order valence-corrected chi connectivity index (χ2v) is 9.42. The van der Waals surface area contributed by atoms with Gasteiger partial charge in [-0.2, -0.15) is 0 Å². The van der Waals surface area contributed by atoms with Crippen molar-refractivity contribution in [3.63, 3.8) is 0 Å². The molecular weight excluding hydrogens is 505 g/mol. The molecular formula is C26H23Cl2N3O3S. The minimum Gasteiger partial charge on any atom is -0.479 e. The quantitative estimate of drug-likeness (QED) is 0.274. The van der Waals surface area contributed by atoms with E-state index >= 15 is 0 Å². The van der Waals surface area contributed by atoms with E-state index < -0.39 is 12.0 Å². The maximum Gasteiger partial charge on any atom is 0.266 e. The number of nitrogens with zero attached hydrogens (tertiary/aromatic N) is 1. The fraction of sp³-hybridized carbons (Fsp3) is 0.192. The molecule has 1 atom stereocenters. The molecule has 0 aliphatic rings. The van der Waals surface area contributed by atoms with Crippen LogP contribution in [0.1, 0.15) is 29.5 Å². The number of aryl methyl sites for hydroxylation is 2. The first-order chi connectivity index (χ1) is 16.7. The molecule has 9 heteroatoms. The third-order valence-electron chi connectivity index (χ3n) is 5.42. The van der Waals surface area contributed by atoms with Crippen LogP contribution < -0.4 is 15.4 Å². The molecule has 1 unspecified atom stereocenters. The third-order valence-corrected chi connectivity index (χ3v) is 6.15.